The van der Waals surface area contributed by atoms with Crippen LogP contribution >= 0.6 is 46.5 Å². The Kier molecular flexibility index (Phi) is 7.27. The Bertz CT molecular complexity index is 371. The van der Waals surface area contributed by atoms with Gasteiger partial charge in [-0.15, -0.1) is 0 Å². The van der Waals surface area contributed by atoms with E-state index in [-0.39, 0.29) is 15.1 Å². The molecule has 96 valence electrons. The van der Waals surface area contributed by atoms with Gasteiger partial charge in [-0.2, -0.15) is 16.1 Å². The number of carbonyl (C=O) groups excluding carboxylic acids is 1. The van der Waals surface area contributed by atoms with Gasteiger partial charge >= 0.3 is 5.97 Å². The van der Waals surface area contributed by atoms with Crippen molar-refractivity contribution in [3.05, 3.63) is 15.1 Å². The lowest BCUT2D eigenvalue weighted by Gasteiger charge is -2.03. The zero-order valence-electron chi connectivity index (χ0n) is 9.37. The summed E-state index contributed by atoms with van der Waals surface area (Å²) in [6.45, 7) is 2.55. The Morgan fingerprint density at radius 1 is 1.47 bits per heavy atom. The maximum atomic E-state index is 11.6. The number of rotatable bonds is 7. The van der Waals surface area contributed by atoms with Gasteiger partial charge in [-0.3, -0.25) is 0 Å². The zero-order chi connectivity index (χ0) is 12.7. The van der Waals surface area contributed by atoms with E-state index in [2.05, 4.69) is 11.3 Å². The van der Waals surface area contributed by atoms with Crippen LogP contribution < -0.4 is 0 Å². The molecule has 0 N–H and O–H groups in total. The molecule has 0 aliphatic carbocycles. The van der Waals surface area contributed by atoms with Gasteiger partial charge in [0.15, 0.2) is 10.0 Å². The van der Waals surface area contributed by atoms with Crippen molar-refractivity contribution in [1.29, 1.82) is 0 Å². The van der Waals surface area contributed by atoms with Crippen LogP contribution in [-0.4, -0.2) is 28.5 Å². The lowest BCUT2D eigenvalue weighted by atomic mass is 10.5. The predicted octanol–water partition coefficient (Wildman–Crippen LogP) is 4.14. The second kappa shape index (κ2) is 8.19. The molecule has 1 heterocycles. The molecule has 0 aromatic carbocycles. The molecule has 0 aliphatic heterocycles. The van der Waals surface area contributed by atoms with E-state index >= 15 is 0 Å². The molecule has 0 atom stereocenters. The molecule has 17 heavy (non-hydrogen) atoms. The Balaban J connectivity index is 2.24. The number of hydrogen-bond acceptors (Lipinski definition) is 5. The fraction of sp³-hybridized carbons (Fsp3) is 0.600. The third-order valence-electron chi connectivity index (χ3n) is 1.80. The van der Waals surface area contributed by atoms with Crippen LogP contribution in [0.25, 0.3) is 0 Å². The third-order valence-corrected chi connectivity index (χ3v) is 4.85. The minimum Gasteiger partial charge on any atom is -0.461 e. The van der Waals surface area contributed by atoms with Crippen molar-refractivity contribution in [2.45, 2.75) is 19.8 Å². The molecule has 0 amide bonds. The van der Waals surface area contributed by atoms with E-state index in [0.29, 0.717) is 6.61 Å². The molecule has 1 aromatic rings. The average molecular weight is 314 g/mol. The minimum atomic E-state index is -0.445. The molecule has 0 aliphatic rings. The molecule has 0 fully saturated rings. The number of halogens is 2. The van der Waals surface area contributed by atoms with Crippen LogP contribution in [0.3, 0.4) is 0 Å². The Labute approximate surface area is 119 Å². The standard InChI is InChI=1S/C10H13Cl2NO2S2/c1-2-5-16-6-3-4-15-10(14)8-7(11)9(12)13-17-8/h2-6H2,1H3. The van der Waals surface area contributed by atoms with E-state index in [1.807, 2.05) is 11.8 Å². The van der Waals surface area contributed by atoms with Crippen molar-refractivity contribution in [3.8, 4) is 0 Å². The molecule has 3 nitrogen and oxygen atoms in total. The van der Waals surface area contributed by atoms with Crippen LogP contribution in [0.15, 0.2) is 0 Å². The van der Waals surface area contributed by atoms with Crippen LogP contribution in [0, 0.1) is 0 Å². The van der Waals surface area contributed by atoms with Crippen LogP contribution in [0.1, 0.15) is 29.4 Å². The zero-order valence-corrected chi connectivity index (χ0v) is 12.5. The predicted molar refractivity (Wildman–Crippen MR) is 74.6 cm³/mol. The Morgan fingerprint density at radius 3 is 2.82 bits per heavy atom. The van der Waals surface area contributed by atoms with Gasteiger partial charge in [0.25, 0.3) is 0 Å². The summed E-state index contributed by atoms with van der Waals surface area (Å²) < 4.78 is 8.85. The Morgan fingerprint density at radius 2 is 2.24 bits per heavy atom. The smallest absolute Gasteiger partial charge is 0.351 e. The van der Waals surface area contributed by atoms with Crippen molar-refractivity contribution in [3.63, 3.8) is 0 Å². The third kappa shape index (κ3) is 5.04. The molecule has 0 bridgehead atoms. The fourth-order valence-corrected chi connectivity index (χ4v) is 2.94. The molecule has 0 radical (unpaired) electrons. The first-order valence-electron chi connectivity index (χ1n) is 5.22. The van der Waals surface area contributed by atoms with Gasteiger partial charge < -0.3 is 4.74 Å². The van der Waals surface area contributed by atoms with Gasteiger partial charge in [0.05, 0.1) is 6.61 Å². The first-order valence-corrected chi connectivity index (χ1v) is 7.90. The topological polar surface area (TPSA) is 39.2 Å². The molecule has 0 unspecified atom stereocenters. The highest BCUT2D eigenvalue weighted by Crippen LogP contribution is 2.28. The highest BCUT2D eigenvalue weighted by molar-refractivity contribution is 7.99. The normalized spacial score (nSPS) is 10.5. The maximum Gasteiger partial charge on any atom is 0.351 e. The summed E-state index contributed by atoms with van der Waals surface area (Å²) in [5.74, 6) is 1.70. The molecule has 1 rings (SSSR count). The molecular weight excluding hydrogens is 301 g/mol. The number of nitrogens with zero attached hydrogens (tertiary/aromatic N) is 1. The molecule has 1 aromatic heterocycles. The molecular formula is C10H13Cl2NO2S2. The van der Waals surface area contributed by atoms with Crippen molar-refractivity contribution < 1.29 is 9.53 Å². The number of carbonyl (C=O) groups is 1. The van der Waals surface area contributed by atoms with E-state index < -0.39 is 5.97 Å². The molecule has 0 saturated carbocycles. The van der Waals surface area contributed by atoms with Gasteiger partial charge in [-0.25, -0.2) is 4.79 Å². The second-order valence-electron chi connectivity index (χ2n) is 3.22. The fourth-order valence-electron chi connectivity index (χ4n) is 1.02. The summed E-state index contributed by atoms with van der Waals surface area (Å²) in [5, 5.41) is 0.337. The molecule has 0 spiro atoms. The first-order chi connectivity index (χ1) is 8.16. The summed E-state index contributed by atoms with van der Waals surface area (Å²) in [6, 6.07) is 0. The van der Waals surface area contributed by atoms with E-state index in [1.165, 1.54) is 6.42 Å². The number of hydrogen-bond donors (Lipinski definition) is 0. The maximum absolute atomic E-state index is 11.6. The van der Waals surface area contributed by atoms with Crippen LogP contribution in [-0.2, 0) is 4.74 Å². The van der Waals surface area contributed by atoms with E-state index in [0.717, 1.165) is 29.5 Å². The largest absolute Gasteiger partial charge is 0.461 e. The van der Waals surface area contributed by atoms with E-state index in [9.17, 15) is 4.79 Å². The van der Waals surface area contributed by atoms with Crippen molar-refractivity contribution in [2.75, 3.05) is 18.1 Å². The van der Waals surface area contributed by atoms with Gasteiger partial charge in [-0.1, -0.05) is 30.1 Å². The monoisotopic (exact) mass is 313 g/mol. The van der Waals surface area contributed by atoms with Gasteiger partial charge in [0.2, 0.25) is 0 Å². The molecule has 0 saturated heterocycles. The summed E-state index contributed by atoms with van der Waals surface area (Å²) in [5.41, 5.74) is 0. The van der Waals surface area contributed by atoms with Crippen molar-refractivity contribution in [1.82, 2.24) is 4.37 Å². The van der Waals surface area contributed by atoms with Crippen molar-refractivity contribution in [2.24, 2.45) is 0 Å². The van der Waals surface area contributed by atoms with Gasteiger partial charge in [0, 0.05) is 0 Å². The summed E-state index contributed by atoms with van der Waals surface area (Å²) in [7, 11) is 0. The van der Waals surface area contributed by atoms with Crippen LogP contribution in [0.4, 0.5) is 0 Å². The lowest BCUT2D eigenvalue weighted by Crippen LogP contribution is -2.05. The van der Waals surface area contributed by atoms with Crippen molar-refractivity contribution >= 4 is 52.5 Å². The summed E-state index contributed by atoms with van der Waals surface area (Å²) in [4.78, 5) is 11.8. The Hall–Kier alpha value is 0.0300. The van der Waals surface area contributed by atoms with Gasteiger partial charge in [-0.05, 0) is 35.9 Å². The number of esters is 1. The number of ether oxygens (including phenoxy) is 1. The van der Waals surface area contributed by atoms with Crippen LogP contribution in [0.5, 0.6) is 0 Å². The van der Waals surface area contributed by atoms with E-state index in [1.54, 1.807) is 0 Å². The molecule has 7 heteroatoms. The SMILES string of the molecule is CCCSCCCOC(=O)c1snc(Cl)c1Cl. The van der Waals surface area contributed by atoms with Gasteiger partial charge in [0.1, 0.15) is 5.02 Å². The summed E-state index contributed by atoms with van der Waals surface area (Å²) in [6.07, 6.45) is 2.01. The summed E-state index contributed by atoms with van der Waals surface area (Å²) >= 11 is 14.3. The first kappa shape index (κ1) is 15.1. The van der Waals surface area contributed by atoms with Crippen LogP contribution in [0.2, 0.25) is 10.2 Å². The number of thioether (sulfide) groups is 1. The minimum absolute atomic E-state index is 0.155. The quantitative estimate of drug-likeness (QED) is 0.560. The van der Waals surface area contributed by atoms with E-state index in [4.69, 9.17) is 27.9 Å². The average Bonchev–Trinajstić information content (AvgIpc) is 2.64. The lowest BCUT2D eigenvalue weighted by molar-refractivity contribution is 0.0512. The highest BCUT2D eigenvalue weighted by atomic mass is 35.5. The highest BCUT2D eigenvalue weighted by Gasteiger charge is 2.18. The second-order valence-corrected chi connectivity index (χ2v) is 5.95. The number of aromatic nitrogens is 1.